The van der Waals surface area contributed by atoms with Crippen molar-refractivity contribution in [3.63, 3.8) is 0 Å². The SMILES string of the molecule is C1=NCN(n2cccc2)C1. The molecule has 2 rings (SSSR count). The molecule has 1 aliphatic rings. The Balaban J connectivity index is 2.14. The summed E-state index contributed by atoms with van der Waals surface area (Å²) < 4.78 is 2.05. The topological polar surface area (TPSA) is 20.5 Å². The summed E-state index contributed by atoms with van der Waals surface area (Å²) in [6.45, 7) is 1.71. The van der Waals surface area contributed by atoms with Crippen LogP contribution in [-0.2, 0) is 0 Å². The molecule has 0 atom stereocenters. The second-order valence-corrected chi connectivity index (χ2v) is 2.26. The normalized spacial score (nSPS) is 16.6. The fraction of sp³-hybridized carbons (Fsp3) is 0.286. The predicted molar refractivity (Wildman–Crippen MR) is 40.9 cm³/mol. The van der Waals surface area contributed by atoms with E-state index in [1.165, 1.54) is 0 Å². The van der Waals surface area contributed by atoms with E-state index in [9.17, 15) is 0 Å². The van der Waals surface area contributed by atoms with Gasteiger partial charge in [0.05, 0.1) is 6.54 Å². The van der Waals surface area contributed by atoms with Crippen molar-refractivity contribution in [3.05, 3.63) is 24.5 Å². The van der Waals surface area contributed by atoms with Crippen molar-refractivity contribution in [2.45, 2.75) is 0 Å². The number of aromatic nitrogens is 1. The van der Waals surface area contributed by atoms with Gasteiger partial charge in [0.15, 0.2) is 0 Å². The first-order chi connectivity index (χ1) is 4.97. The summed E-state index contributed by atoms with van der Waals surface area (Å²) in [7, 11) is 0. The second kappa shape index (κ2) is 2.17. The smallest absolute Gasteiger partial charge is 0.124 e. The molecule has 3 heteroatoms. The van der Waals surface area contributed by atoms with Crippen molar-refractivity contribution in [2.24, 2.45) is 4.99 Å². The molecule has 0 N–H and O–H groups in total. The van der Waals surface area contributed by atoms with Crippen molar-refractivity contribution >= 4 is 6.21 Å². The Bertz CT molecular complexity index is 217. The molecule has 10 heavy (non-hydrogen) atoms. The van der Waals surface area contributed by atoms with Crippen molar-refractivity contribution in [1.29, 1.82) is 0 Å². The Morgan fingerprint density at radius 2 is 2.00 bits per heavy atom. The van der Waals surface area contributed by atoms with Crippen LogP contribution in [0.15, 0.2) is 29.5 Å². The van der Waals surface area contributed by atoms with Crippen LogP contribution in [0.25, 0.3) is 0 Å². The number of hydrogen-bond acceptors (Lipinski definition) is 2. The highest BCUT2D eigenvalue weighted by molar-refractivity contribution is 5.64. The molecule has 2 heterocycles. The van der Waals surface area contributed by atoms with Gasteiger partial charge in [0, 0.05) is 18.6 Å². The molecule has 0 saturated heterocycles. The highest BCUT2D eigenvalue weighted by Gasteiger charge is 2.04. The van der Waals surface area contributed by atoms with Gasteiger partial charge in [0.25, 0.3) is 0 Å². The lowest BCUT2D eigenvalue weighted by Gasteiger charge is -2.16. The van der Waals surface area contributed by atoms with Crippen LogP contribution in [0.4, 0.5) is 0 Å². The zero-order valence-electron chi connectivity index (χ0n) is 5.64. The van der Waals surface area contributed by atoms with Crippen molar-refractivity contribution in [3.8, 4) is 0 Å². The van der Waals surface area contributed by atoms with Gasteiger partial charge < -0.3 is 0 Å². The molecule has 0 fully saturated rings. The third-order valence-corrected chi connectivity index (χ3v) is 1.58. The molecule has 52 valence electrons. The molecule has 1 aliphatic heterocycles. The van der Waals surface area contributed by atoms with Crippen LogP contribution >= 0.6 is 0 Å². The summed E-state index contributed by atoms with van der Waals surface area (Å²) in [4.78, 5) is 4.10. The second-order valence-electron chi connectivity index (χ2n) is 2.26. The molecule has 0 bridgehead atoms. The number of nitrogens with zero attached hydrogens (tertiary/aromatic N) is 3. The first-order valence-electron chi connectivity index (χ1n) is 3.33. The Hall–Kier alpha value is -1.25. The van der Waals surface area contributed by atoms with Crippen LogP contribution in [0.2, 0.25) is 0 Å². The highest BCUT2D eigenvalue weighted by Crippen LogP contribution is 1.96. The Morgan fingerprint density at radius 1 is 1.20 bits per heavy atom. The van der Waals surface area contributed by atoms with E-state index in [-0.39, 0.29) is 0 Å². The summed E-state index contributed by atoms with van der Waals surface area (Å²) in [6.07, 6.45) is 5.98. The average Bonchev–Trinajstić information content (AvgIpc) is 2.59. The maximum atomic E-state index is 4.10. The van der Waals surface area contributed by atoms with E-state index in [1.807, 2.05) is 35.4 Å². The van der Waals surface area contributed by atoms with Gasteiger partial charge in [-0.2, -0.15) is 0 Å². The van der Waals surface area contributed by atoms with Crippen molar-refractivity contribution < 1.29 is 0 Å². The van der Waals surface area contributed by atoms with Crippen LogP contribution in [0.1, 0.15) is 0 Å². The molecule has 0 unspecified atom stereocenters. The van der Waals surface area contributed by atoms with Gasteiger partial charge in [-0.25, -0.2) is 0 Å². The predicted octanol–water partition coefficient (Wildman–Crippen LogP) is 0.468. The minimum Gasteiger partial charge on any atom is -0.286 e. The van der Waals surface area contributed by atoms with E-state index in [0.717, 1.165) is 13.2 Å². The molecule has 0 aliphatic carbocycles. The summed E-state index contributed by atoms with van der Waals surface area (Å²) in [6, 6.07) is 4.02. The Labute approximate surface area is 59.6 Å². The maximum Gasteiger partial charge on any atom is 0.124 e. The van der Waals surface area contributed by atoms with Gasteiger partial charge in [-0.1, -0.05) is 0 Å². The van der Waals surface area contributed by atoms with E-state index in [1.54, 1.807) is 0 Å². The fourth-order valence-electron chi connectivity index (χ4n) is 1.04. The molecular weight excluding hydrogens is 126 g/mol. The number of hydrogen-bond donors (Lipinski definition) is 0. The first-order valence-corrected chi connectivity index (χ1v) is 3.33. The van der Waals surface area contributed by atoms with Gasteiger partial charge in [-0.15, -0.1) is 0 Å². The van der Waals surface area contributed by atoms with Gasteiger partial charge in [0.1, 0.15) is 6.67 Å². The molecule has 0 saturated carbocycles. The third-order valence-electron chi connectivity index (χ3n) is 1.58. The minimum atomic E-state index is 0.786. The van der Waals surface area contributed by atoms with Gasteiger partial charge in [-0.3, -0.25) is 14.7 Å². The molecule has 0 aromatic carbocycles. The first kappa shape index (κ1) is 5.53. The average molecular weight is 135 g/mol. The number of aliphatic imine (C=N–C) groups is 1. The lowest BCUT2D eigenvalue weighted by molar-refractivity contribution is 0.668. The van der Waals surface area contributed by atoms with Crippen LogP contribution < -0.4 is 5.01 Å². The van der Waals surface area contributed by atoms with Crippen LogP contribution in [0.5, 0.6) is 0 Å². The van der Waals surface area contributed by atoms with Crippen LogP contribution in [0.3, 0.4) is 0 Å². The van der Waals surface area contributed by atoms with Crippen LogP contribution in [0, 0.1) is 0 Å². The standard InChI is InChI=1S/C7H9N3/c1-2-5-9(4-1)10-6-3-8-7-10/h1-5H,6-7H2. The molecule has 3 nitrogen and oxygen atoms in total. The Kier molecular flexibility index (Phi) is 1.20. The van der Waals surface area contributed by atoms with E-state index < -0.39 is 0 Å². The fourth-order valence-corrected chi connectivity index (χ4v) is 1.04. The van der Waals surface area contributed by atoms with E-state index >= 15 is 0 Å². The zero-order chi connectivity index (χ0) is 6.81. The largest absolute Gasteiger partial charge is 0.286 e. The van der Waals surface area contributed by atoms with Crippen molar-refractivity contribution in [1.82, 2.24) is 4.68 Å². The summed E-state index contributed by atoms with van der Waals surface area (Å²) >= 11 is 0. The van der Waals surface area contributed by atoms with Gasteiger partial charge >= 0.3 is 0 Å². The van der Waals surface area contributed by atoms with Gasteiger partial charge in [-0.05, 0) is 12.1 Å². The van der Waals surface area contributed by atoms with Gasteiger partial charge in [0.2, 0.25) is 0 Å². The highest BCUT2D eigenvalue weighted by atomic mass is 15.6. The van der Waals surface area contributed by atoms with E-state index in [2.05, 4.69) is 10.0 Å². The number of rotatable bonds is 1. The molecule has 1 aromatic heterocycles. The quantitative estimate of drug-likeness (QED) is 0.548. The van der Waals surface area contributed by atoms with Crippen LogP contribution in [-0.4, -0.2) is 24.1 Å². The monoisotopic (exact) mass is 135 g/mol. The van der Waals surface area contributed by atoms with E-state index in [4.69, 9.17) is 0 Å². The zero-order valence-corrected chi connectivity index (χ0v) is 5.64. The lowest BCUT2D eigenvalue weighted by Crippen LogP contribution is -2.30. The summed E-state index contributed by atoms with van der Waals surface area (Å²) in [5.74, 6) is 0. The lowest BCUT2D eigenvalue weighted by atomic mass is 10.7. The Morgan fingerprint density at radius 3 is 2.60 bits per heavy atom. The molecule has 0 spiro atoms. The molecule has 1 aromatic rings. The summed E-state index contributed by atoms with van der Waals surface area (Å²) in [5.41, 5.74) is 0. The molecule has 0 radical (unpaired) electrons. The minimum absolute atomic E-state index is 0.786. The summed E-state index contributed by atoms with van der Waals surface area (Å²) in [5, 5.41) is 2.14. The maximum absolute atomic E-state index is 4.10. The molecular formula is C7H9N3. The van der Waals surface area contributed by atoms with Crippen molar-refractivity contribution in [2.75, 3.05) is 18.2 Å². The van der Waals surface area contributed by atoms with E-state index in [0.29, 0.717) is 0 Å². The molecule has 0 amide bonds. The third kappa shape index (κ3) is 0.795.